The van der Waals surface area contributed by atoms with E-state index in [1.165, 1.54) is 14.0 Å². The molecule has 1 heterocycles. The third kappa shape index (κ3) is 5.87. The molecule has 1 aliphatic heterocycles. The molecule has 0 unspecified atom stereocenters. The van der Waals surface area contributed by atoms with Gasteiger partial charge < -0.3 is 23.7 Å². The summed E-state index contributed by atoms with van der Waals surface area (Å²) in [5.74, 6) is -0.426. The van der Waals surface area contributed by atoms with E-state index in [0.717, 1.165) is 11.1 Å². The van der Waals surface area contributed by atoms with Crippen LogP contribution in [-0.2, 0) is 41.7 Å². The zero-order valence-electron chi connectivity index (χ0n) is 17.0. The maximum absolute atomic E-state index is 11.7. The highest BCUT2D eigenvalue weighted by Gasteiger charge is 2.48. The van der Waals surface area contributed by atoms with Crippen LogP contribution in [0.25, 0.3) is 0 Å². The Hall–Kier alpha value is -2.25. The molecule has 2 aromatic carbocycles. The highest BCUT2D eigenvalue weighted by atomic mass is 16.7. The third-order valence-electron chi connectivity index (χ3n) is 4.83. The van der Waals surface area contributed by atoms with E-state index in [2.05, 4.69) is 0 Å². The number of ether oxygens (including phenoxy) is 5. The molecule has 0 amide bonds. The summed E-state index contributed by atoms with van der Waals surface area (Å²) in [7, 11) is 1.52. The summed E-state index contributed by atoms with van der Waals surface area (Å²) in [5.41, 5.74) is 2.06. The molecule has 1 fully saturated rings. The summed E-state index contributed by atoms with van der Waals surface area (Å²) in [6.45, 7) is 4.02. The highest BCUT2D eigenvalue weighted by molar-refractivity contribution is 5.66. The summed E-state index contributed by atoms with van der Waals surface area (Å²) in [6, 6.07) is 19.7. The first-order valence-electron chi connectivity index (χ1n) is 9.75. The van der Waals surface area contributed by atoms with Crippen molar-refractivity contribution < 1.29 is 28.5 Å². The first-order valence-corrected chi connectivity index (χ1v) is 9.75. The van der Waals surface area contributed by atoms with Gasteiger partial charge in [-0.05, 0) is 18.1 Å². The lowest BCUT2D eigenvalue weighted by Gasteiger charge is -2.44. The molecule has 0 radical (unpaired) electrons. The highest BCUT2D eigenvalue weighted by Crippen LogP contribution is 2.30. The van der Waals surface area contributed by atoms with Gasteiger partial charge in [-0.2, -0.15) is 0 Å². The molecule has 6 nitrogen and oxygen atoms in total. The number of benzene rings is 2. The van der Waals surface area contributed by atoms with Crippen LogP contribution < -0.4 is 0 Å². The van der Waals surface area contributed by atoms with Crippen molar-refractivity contribution in [2.24, 2.45) is 0 Å². The predicted molar refractivity (Wildman–Crippen MR) is 107 cm³/mol. The van der Waals surface area contributed by atoms with Crippen molar-refractivity contribution in [3.63, 3.8) is 0 Å². The second-order valence-electron chi connectivity index (χ2n) is 7.04. The lowest BCUT2D eigenvalue weighted by molar-refractivity contribution is -0.306. The summed E-state index contributed by atoms with van der Waals surface area (Å²) < 4.78 is 29.3. The molecule has 0 saturated carbocycles. The van der Waals surface area contributed by atoms with Gasteiger partial charge in [-0.3, -0.25) is 4.79 Å². The average molecular weight is 400 g/mol. The van der Waals surface area contributed by atoms with E-state index in [9.17, 15) is 4.79 Å². The van der Waals surface area contributed by atoms with E-state index in [-0.39, 0.29) is 6.10 Å². The molecule has 156 valence electrons. The Morgan fingerprint density at radius 3 is 1.86 bits per heavy atom. The first kappa shape index (κ1) is 21.5. The fourth-order valence-electron chi connectivity index (χ4n) is 3.43. The van der Waals surface area contributed by atoms with Gasteiger partial charge in [0.25, 0.3) is 0 Å². The average Bonchev–Trinajstić information content (AvgIpc) is 2.73. The van der Waals surface area contributed by atoms with Gasteiger partial charge in [0.05, 0.1) is 19.3 Å². The van der Waals surface area contributed by atoms with Crippen molar-refractivity contribution in [1.82, 2.24) is 0 Å². The van der Waals surface area contributed by atoms with Crippen molar-refractivity contribution in [3.05, 3.63) is 71.8 Å². The Morgan fingerprint density at radius 2 is 1.38 bits per heavy atom. The maximum atomic E-state index is 11.7. The van der Waals surface area contributed by atoms with Gasteiger partial charge in [0.15, 0.2) is 12.4 Å². The smallest absolute Gasteiger partial charge is 0.303 e. The van der Waals surface area contributed by atoms with Gasteiger partial charge in [-0.25, -0.2) is 0 Å². The molecule has 1 saturated heterocycles. The molecule has 0 N–H and O–H groups in total. The van der Waals surface area contributed by atoms with Crippen LogP contribution in [0.5, 0.6) is 0 Å². The summed E-state index contributed by atoms with van der Waals surface area (Å²) in [6.07, 6.45) is -2.76. The van der Waals surface area contributed by atoms with Gasteiger partial charge in [-0.15, -0.1) is 0 Å². The largest absolute Gasteiger partial charge is 0.454 e. The van der Waals surface area contributed by atoms with Gasteiger partial charge >= 0.3 is 5.97 Å². The fraction of sp³-hybridized carbons (Fsp3) is 0.435. The standard InChI is InChI=1S/C23H28O6/c1-16-20(26-14-18-10-6-4-7-11-18)21(27-15-19-12-8-5-9-13-19)22(29-17(2)24)23(25-3)28-16/h4-13,16,20-23H,14-15H2,1-3H3/t16-,20-,21+,22+,23+/m0/s1. The number of hydrogen-bond acceptors (Lipinski definition) is 6. The van der Waals surface area contributed by atoms with Crippen LogP contribution in [0, 0.1) is 0 Å². The molecular formula is C23H28O6. The number of carbonyl (C=O) groups is 1. The van der Waals surface area contributed by atoms with Crippen molar-refractivity contribution in [3.8, 4) is 0 Å². The van der Waals surface area contributed by atoms with Crippen molar-refractivity contribution in [2.45, 2.75) is 57.8 Å². The molecule has 6 heteroatoms. The van der Waals surface area contributed by atoms with Crippen molar-refractivity contribution in [1.29, 1.82) is 0 Å². The van der Waals surface area contributed by atoms with Crippen LogP contribution in [0.2, 0.25) is 0 Å². The molecule has 0 spiro atoms. The Morgan fingerprint density at radius 1 is 0.862 bits per heavy atom. The molecule has 0 aliphatic carbocycles. The molecule has 2 aromatic rings. The SMILES string of the molecule is CO[C@@H]1O[C@@H](C)[C@H](OCc2ccccc2)[C@@H](OCc2ccccc2)[C@H]1OC(C)=O. The quantitative estimate of drug-likeness (QED) is 0.632. The molecule has 0 bridgehead atoms. The second-order valence-corrected chi connectivity index (χ2v) is 7.04. The van der Waals surface area contributed by atoms with Crippen LogP contribution in [0.1, 0.15) is 25.0 Å². The summed E-state index contributed by atoms with van der Waals surface area (Å²) in [4.78, 5) is 11.7. The van der Waals surface area contributed by atoms with Crippen LogP contribution in [-0.4, -0.2) is 43.8 Å². The van der Waals surface area contributed by atoms with Crippen LogP contribution in [0.4, 0.5) is 0 Å². The zero-order valence-corrected chi connectivity index (χ0v) is 17.0. The number of carbonyl (C=O) groups excluding carboxylic acids is 1. The van der Waals surface area contributed by atoms with Crippen LogP contribution >= 0.6 is 0 Å². The summed E-state index contributed by atoms with van der Waals surface area (Å²) >= 11 is 0. The minimum absolute atomic E-state index is 0.309. The maximum Gasteiger partial charge on any atom is 0.303 e. The Balaban J connectivity index is 1.79. The monoisotopic (exact) mass is 400 g/mol. The van der Waals surface area contributed by atoms with Gasteiger partial charge in [0, 0.05) is 14.0 Å². The van der Waals surface area contributed by atoms with Gasteiger partial charge in [-0.1, -0.05) is 60.7 Å². The van der Waals surface area contributed by atoms with Gasteiger partial charge in [0.2, 0.25) is 0 Å². The fourth-order valence-corrected chi connectivity index (χ4v) is 3.43. The molecule has 5 atom stereocenters. The van der Waals surface area contributed by atoms with E-state index in [0.29, 0.717) is 13.2 Å². The lowest BCUT2D eigenvalue weighted by atomic mass is 9.98. The van der Waals surface area contributed by atoms with E-state index in [4.69, 9.17) is 23.7 Å². The van der Waals surface area contributed by atoms with Gasteiger partial charge in [0.1, 0.15) is 12.2 Å². The zero-order chi connectivity index (χ0) is 20.6. The number of methoxy groups -OCH3 is 1. The van der Waals surface area contributed by atoms with E-state index >= 15 is 0 Å². The van der Waals surface area contributed by atoms with Crippen LogP contribution in [0.3, 0.4) is 0 Å². The second kappa shape index (κ2) is 10.5. The van der Waals surface area contributed by atoms with Crippen molar-refractivity contribution >= 4 is 5.97 Å². The van der Waals surface area contributed by atoms with E-state index in [1.807, 2.05) is 67.6 Å². The number of esters is 1. The van der Waals surface area contributed by atoms with Crippen molar-refractivity contribution in [2.75, 3.05) is 7.11 Å². The number of rotatable bonds is 8. The molecule has 3 rings (SSSR count). The normalized spacial score (nSPS) is 26.8. The Labute approximate surface area is 171 Å². The molecule has 1 aliphatic rings. The van der Waals surface area contributed by atoms with E-state index in [1.54, 1.807) is 0 Å². The molecule has 0 aromatic heterocycles. The lowest BCUT2D eigenvalue weighted by Crippen LogP contribution is -2.60. The van der Waals surface area contributed by atoms with E-state index < -0.39 is 30.6 Å². The molecular weight excluding hydrogens is 372 g/mol. The van der Waals surface area contributed by atoms with Crippen LogP contribution in [0.15, 0.2) is 60.7 Å². The minimum atomic E-state index is -0.738. The topological polar surface area (TPSA) is 63.2 Å². The Kier molecular flexibility index (Phi) is 7.77. The minimum Gasteiger partial charge on any atom is -0.454 e. The first-order chi connectivity index (χ1) is 14.1. The number of hydrogen-bond donors (Lipinski definition) is 0. The Bertz CT molecular complexity index is 750. The predicted octanol–water partition coefficient (Wildman–Crippen LogP) is 3.48. The molecule has 29 heavy (non-hydrogen) atoms. The summed E-state index contributed by atoms with van der Waals surface area (Å²) in [5, 5.41) is 0. The third-order valence-corrected chi connectivity index (χ3v) is 4.83.